The third-order valence-corrected chi connectivity index (χ3v) is 5.99. The number of benzene rings is 1. The zero-order valence-corrected chi connectivity index (χ0v) is 18.4. The van der Waals surface area contributed by atoms with Gasteiger partial charge in [0, 0.05) is 31.4 Å². The van der Waals surface area contributed by atoms with Gasteiger partial charge < -0.3 is 23.8 Å². The van der Waals surface area contributed by atoms with E-state index in [4.69, 9.17) is 14.0 Å². The van der Waals surface area contributed by atoms with Crippen molar-refractivity contribution in [2.45, 2.75) is 25.3 Å². The molecule has 9 heteroatoms. The molecule has 3 aromatic rings. The van der Waals surface area contributed by atoms with Gasteiger partial charge in [0.1, 0.15) is 17.6 Å². The summed E-state index contributed by atoms with van der Waals surface area (Å²) in [5.74, 6) is 2.42. The lowest BCUT2D eigenvalue weighted by molar-refractivity contribution is -0.138. The van der Waals surface area contributed by atoms with Crippen molar-refractivity contribution in [1.82, 2.24) is 20.0 Å². The minimum Gasteiger partial charge on any atom is -0.484 e. The molecule has 0 saturated carbocycles. The molecule has 2 aliphatic heterocycles. The largest absolute Gasteiger partial charge is 0.484 e. The maximum absolute atomic E-state index is 12.9. The van der Waals surface area contributed by atoms with Crippen LogP contribution in [0.5, 0.6) is 5.75 Å². The first kappa shape index (κ1) is 21.4. The van der Waals surface area contributed by atoms with Gasteiger partial charge in [-0.15, -0.1) is 0 Å². The SMILES string of the molecule is O=C(COc1ccccc1)N1CCCCC1c1nc(-c2ccnc(N3CCOCC3)c2)no1. The third-order valence-electron chi connectivity index (χ3n) is 5.99. The monoisotopic (exact) mass is 449 g/mol. The van der Waals surface area contributed by atoms with E-state index in [2.05, 4.69) is 20.0 Å². The van der Waals surface area contributed by atoms with Crippen molar-refractivity contribution in [2.75, 3.05) is 44.4 Å². The van der Waals surface area contributed by atoms with Gasteiger partial charge in [-0.3, -0.25) is 4.79 Å². The Hall–Kier alpha value is -3.46. The van der Waals surface area contributed by atoms with Gasteiger partial charge >= 0.3 is 0 Å². The van der Waals surface area contributed by atoms with Gasteiger partial charge in [-0.2, -0.15) is 4.98 Å². The Kier molecular flexibility index (Phi) is 6.48. The summed E-state index contributed by atoms with van der Waals surface area (Å²) < 4.78 is 16.7. The van der Waals surface area contributed by atoms with Crippen molar-refractivity contribution in [3.63, 3.8) is 0 Å². The van der Waals surface area contributed by atoms with Crippen molar-refractivity contribution in [3.8, 4) is 17.1 Å². The fourth-order valence-corrected chi connectivity index (χ4v) is 4.24. The van der Waals surface area contributed by atoms with Crippen LogP contribution < -0.4 is 9.64 Å². The summed E-state index contributed by atoms with van der Waals surface area (Å²) in [6.07, 6.45) is 4.49. The van der Waals surface area contributed by atoms with Gasteiger partial charge in [0.15, 0.2) is 6.61 Å². The number of aromatic nitrogens is 3. The average molecular weight is 450 g/mol. The lowest BCUT2D eigenvalue weighted by Gasteiger charge is -2.33. The normalized spacial score (nSPS) is 18.8. The summed E-state index contributed by atoms with van der Waals surface area (Å²) in [6.45, 7) is 3.62. The number of hydrogen-bond donors (Lipinski definition) is 0. The predicted molar refractivity (Wildman–Crippen MR) is 121 cm³/mol. The number of anilines is 1. The molecule has 4 heterocycles. The topological polar surface area (TPSA) is 93.8 Å². The summed E-state index contributed by atoms with van der Waals surface area (Å²) in [7, 11) is 0. The second kappa shape index (κ2) is 9.99. The molecule has 1 atom stereocenters. The molecule has 2 saturated heterocycles. The number of piperidine rings is 1. The van der Waals surface area contributed by atoms with Crippen molar-refractivity contribution in [1.29, 1.82) is 0 Å². The highest BCUT2D eigenvalue weighted by molar-refractivity contribution is 5.78. The summed E-state index contributed by atoms with van der Waals surface area (Å²) in [6, 6.07) is 13.0. The summed E-state index contributed by atoms with van der Waals surface area (Å²) in [5, 5.41) is 4.21. The van der Waals surface area contributed by atoms with Crippen LogP contribution in [-0.4, -0.2) is 65.4 Å². The Labute approximate surface area is 192 Å². The van der Waals surface area contributed by atoms with E-state index in [1.165, 1.54) is 0 Å². The van der Waals surface area contributed by atoms with E-state index >= 15 is 0 Å². The molecule has 0 bridgehead atoms. The molecular weight excluding hydrogens is 422 g/mol. The molecule has 0 radical (unpaired) electrons. The van der Waals surface area contributed by atoms with Crippen LogP contribution in [0.3, 0.4) is 0 Å². The van der Waals surface area contributed by atoms with E-state index < -0.39 is 0 Å². The number of rotatable bonds is 6. The minimum absolute atomic E-state index is 0.0191. The van der Waals surface area contributed by atoms with Crippen molar-refractivity contribution < 1.29 is 18.8 Å². The smallest absolute Gasteiger partial charge is 0.261 e. The second-order valence-corrected chi connectivity index (χ2v) is 8.16. The highest BCUT2D eigenvalue weighted by atomic mass is 16.5. The summed E-state index contributed by atoms with van der Waals surface area (Å²) >= 11 is 0. The molecule has 172 valence electrons. The van der Waals surface area contributed by atoms with E-state index in [0.717, 1.165) is 43.7 Å². The average Bonchev–Trinajstić information content (AvgIpc) is 3.39. The van der Waals surface area contributed by atoms with E-state index in [9.17, 15) is 4.79 Å². The third kappa shape index (κ3) is 4.98. The van der Waals surface area contributed by atoms with Crippen LogP contribution in [0, 0.1) is 0 Å². The van der Waals surface area contributed by atoms with Crippen LogP contribution in [-0.2, 0) is 9.53 Å². The molecule has 1 unspecified atom stereocenters. The van der Waals surface area contributed by atoms with Crippen molar-refractivity contribution >= 4 is 11.7 Å². The molecule has 5 rings (SSSR count). The predicted octanol–water partition coefficient (Wildman–Crippen LogP) is 3.10. The molecule has 1 aromatic carbocycles. The number of pyridine rings is 1. The lowest BCUT2D eigenvalue weighted by Crippen LogP contribution is -2.41. The van der Waals surface area contributed by atoms with Crippen LogP contribution in [0.25, 0.3) is 11.4 Å². The van der Waals surface area contributed by atoms with Gasteiger partial charge in [-0.25, -0.2) is 4.98 Å². The van der Waals surface area contributed by atoms with Gasteiger partial charge in [-0.1, -0.05) is 23.4 Å². The number of para-hydroxylation sites is 1. The quantitative estimate of drug-likeness (QED) is 0.567. The molecule has 0 aliphatic carbocycles. The highest BCUT2D eigenvalue weighted by Crippen LogP contribution is 2.31. The zero-order valence-electron chi connectivity index (χ0n) is 18.4. The molecule has 2 aromatic heterocycles. The first-order valence-electron chi connectivity index (χ1n) is 11.4. The molecule has 9 nitrogen and oxygen atoms in total. The number of ether oxygens (including phenoxy) is 2. The number of amides is 1. The van der Waals surface area contributed by atoms with E-state index in [1.54, 1.807) is 11.1 Å². The van der Waals surface area contributed by atoms with Crippen LogP contribution in [0.1, 0.15) is 31.2 Å². The van der Waals surface area contributed by atoms with Crippen LogP contribution in [0.4, 0.5) is 5.82 Å². The Balaban J connectivity index is 1.30. The fourth-order valence-electron chi connectivity index (χ4n) is 4.24. The maximum atomic E-state index is 12.9. The number of hydrogen-bond acceptors (Lipinski definition) is 8. The Morgan fingerprint density at radius 3 is 2.79 bits per heavy atom. The molecule has 1 amide bonds. The van der Waals surface area contributed by atoms with Crippen LogP contribution >= 0.6 is 0 Å². The second-order valence-electron chi connectivity index (χ2n) is 8.16. The van der Waals surface area contributed by atoms with Crippen molar-refractivity contribution in [2.24, 2.45) is 0 Å². The van der Waals surface area contributed by atoms with Crippen LogP contribution in [0.2, 0.25) is 0 Å². The van der Waals surface area contributed by atoms with E-state index in [0.29, 0.717) is 37.2 Å². The van der Waals surface area contributed by atoms with Gasteiger partial charge in [0.2, 0.25) is 11.7 Å². The van der Waals surface area contributed by atoms with E-state index in [1.807, 2.05) is 42.5 Å². The maximum Gasteiger partial charge on any atom is 0.261 e. The Morgan fingerprint density at radius 2 is 1.94 bits per heavy atom. The van der Waals surface area contributed by atoms with Crippen LogP contribution in [0.15, 0.2) is 53.2 Å². The van der Waals surface area contributed by atoms with Gasteiger partial charge in [0.25, 0.3) is 5.91 Å². The van der Waals surface area contributed by atoms with Gasteiger partial charge in [-0.05, 0) is 43.5 Å². The minimum atomic E-state index is -0.243. The standard InChI is InChI=1S/C24H27N5O4/c30-22(17-32-19-6-2-1-3-7-19)29-11-5-4-8-20(29)24-26-23(27-33-24)18-9-10-25-21(16-18)28-12-14-31-15-13-28/h1-3,6-7,9-10,16,20H,4-5,8,11-15,17H2. The molecule has 2 aliphatic rings. The fraction of sp³-hybridized carbons (Fsp3) is 0.417. The Bertz CT molecular complexity index is 1070. The molecule has 0 spiro atoms. The first-order valence-corrected chi connectivity index (χ1v) is 11.4. The lowest BCUT2D eigenvalue weighted by atomic mass is 10.0. The zero-order chi connectivity index (χ0) is 22.5. The Morgan fingerprint density at radius 1 is 1.09 bits per heavy atom. The first-order chi connectivity index (χ1) is 16.3. The molecular formula is C24H27N5O4. The number of carbonyl (C=O) groups excluding carboxylic acids is 1. The number of likely N-dealkylation sites (tertiary alicyclic amines) is 1. The summed E-state index contributed by atoms with van der Waals surface area (Å²) in [4.78, 5) is 26.1. The van der Waals surface area contributed by atoms with Gasteiger partial charge in [0.05, 0.1) is 13.2 Å². The molecule has 0 N–H and O–H groups in total. The number of carbonyl (C=O) groups is 1. The number of morpholine rings is 1. The highest BCUT2D eigenvalue weighted by Gasteiger charge is 2.32. The summed E-state index contributed by atoms with van der Waals surface area (Å²) in [5.41, 5.74) is 0.836. The van der Waals surface area contributed by atoms with Crippen molar-refractivity contribution in [3.05, 3.63) is 54.6 Å². The molecule has 33 heavy (non-hydrogen) atoms. The van der Waals surface area contributed by atoms with E-state index in [-0.39, 0.29) is 18.6 Å². The molecule has 2 fully saturated rings. The number of nitrogens with zero attached hydrogens (tertiary/aromatic N) is 5.